The van der Waals surface area contributed by atoms with Crippen molar-refractivity contribution >= 4 is 11.5 Å². The van der Waals surface area contributed by atoms with E-state index in [0.717, 1.165) is 5.69 Å². The molecule has 0 aliphatic rings. The van der Waals surface area contributed by atoms with Gasteiger partial charge >= 0.3 is 0 Å². The molecule has 0 saturated carbocycles. The standard InChI is InChI=1S/C11H11F2N3S/c1-7(14-5-8-6-17-16-15-8)11-9(12)3-2-4-10(11)13/h2-4,6-7,14H,5H2,1H3. The summed E-state index contributed by atoms with van der Waals surface area (Å²) in [7, 11) is 0. The number of benzene rings is 1. The number of hydrogen-bond donors (Lipinski definition) is 1. The van der Waals surface area contributed by atoms with E-state index in [-0.39, 0.29) is 5.56 Å². The van der Waals surface area contributed by atoms with Crippen molar-refractivity contribution in [3.05, 3.63) is 46.5 Å². The van der Waals surface area contributed by atoms with Gasteiger partial charge in [-0.2, -0.15) is 0 Å². The molecule has 0 aliphatic heterocycles. The molecule has 0 bridgehead atoms. The van der Waals surface area contributed by atoms with Crippen LogP contribution in [0, 0.1) is 11.6 Å². The van der Waals surface area contributed by atoms with Crippen LogP contribution >= 0.6 is 11.5 Å². The minimum absolute atomic E-state index is 0.0516. The summed E-state index contributed by atoms with van der Waals surface area (Å²) < 4.78 is 30.6. The Balaban J connectivity index is 2.07. The van der Waals surface area contributed by atoms with Crippen LogP contribution in [0.4, 0.5) is 8.78 Å². The lowest BCUT2D eigenvalue weighted by Gasteiger charge is -2.14. The van der Waals surface area contributed by atoms with Crippen molar-refractivity contribution in [1.29, 1.82) is 0 Å². The molecule has 1 aromatic carbocycles. The van der Waals surface area contributed by atoms with Crippen LogP contribution in [0.2, 0.25) is 0 Å². The van der Waals surface area contributed by atoms with Crippen LogP contribution in [-0.2, 0) is 6.54 Å². The van der Waals surface area contributed by atoms with Gasteiger partial charge in [0.25, 0.3) is 0 Å². The van der Waals surface area contributed by atoms with Gasteiger partial charge in [-0.3, -0.25) is 0 Å². The monoisotopic (exact) mass is 255 g/mol. The van der Waals surface area contributed by atoms with E-state index < -0.39 is 17.7 Å². The lowest BCUT2D eigenvalue weighted by molar-refractivity contribution is 0.485. The number of rotatable bonds is 4. The molecule has 90 valence electrons. The van der Waals surface area contributed by atoms with Gasteiger partial charge in [0, 0.05) is 23.5 Å². The van der Waals surface area contributed by atoms with Gasteiger partial charge in [-0.1, -0.05) is 10.6 Å². The van der Waals surface area contributed by atoms with E-state index >= 15 is 0 Å². The van der Waals surface area contributed by atoms with Crippen LogP contribution in [0.25, 0.3) is 0 Å². The predicted octanol–water partition coefficient (Wildman–Crippen LogP) is 2.67. The van der Waals surface area contributed by atoms with Crippen molar-refractivity contribution in [2.75, 3.05) is 0 Å². The molecule has 6 heteroatoms. The quantitative estimate of drug-likeness (QED) is 0.912. The second-order valence-corrected chi connectivity index (χ2v) is 4.24. The first-order chi connectivity index (χ1) is 8.18. The predicted molar refractivity (Wildman–Crippen MR) is 61.5 cm³/mol. The van der Waals surface area contributed by atoms with E-state index in [1.54, 1.807) is 12.3 Å². The fourth-order valence-corrected chi connectivity index (χ4v) is 2.00. The first-order valence-electron chi connectivity index (χ1n) is 5.11. The van der Waals surface area contributed by atoms with E-state index in [1.165, 1.54) is 29.7 Å². The summed E-state index contributed by atoms with van der Waals surface area (Å²) in [6.45, 7) is 2.15. The van der Waals surface area contributed by atoms with Crippen LogP contribution in [0.3, 0.4) is 0 Å². The van der Waals surface area contributed by atoms with Gasteiger partial charge in [-0.25, -0.2) is 8.78 Å². The molecule has 0 fully saturated rings. The molecule has 17 heavy (non-hydrogen) atoms. The normalized spacial score (nSPS) is 12.6. The van der Waals surface area contributed by atoms with E-state index in [2.05, 4.69) is 14.9 Å². The molecule has 2 rings (SSSR count). The highest BCUT2D eigenvalue weighted by atomic mass is 32.1. The maximum Gasteiger partial charge on any atom is 0.130 e. The fraction of sp³-hybridized carbons (Fsp3) is 0.273. The van der Waals surface area contributed by atoms with E-state index in [0.29, 0.717) is 6.54 Å². The highest BCUT2D eigenvalue weighted by Crippen LogP contribution is 2.20. The molecule has 1 heterocycles. The van der Waals surface area contributed by atoms with Gasteiger partial charge in [-0.15, -0.1) is 5.10 Å². The lowest BCUT2D eigenvalue weighted by atomic mass is 10.1. The third-order valence-electron chi connectivity index (χ3n) is 2.43. The summed E-state index contributed by atoms with van der Waals surface area (Å²) in [5, 5.41) is 8.64. The Morgan fingerprint density at radius 3 is 2.65 bits per heavy atom. The Hall–Kier alpha value is -1.40. The highest BCUT2D eigenvalue weighted by molar-refractivity contribution is 7.03. The molecule has 0 saturated heterocycles. The van der Waals surface area contributed by atoms with Crippen molar-refractivity contribution < 1.29 is 8.78 Å². The van der Waals surface area contributed by atoms with Crippen molar-refractivity contribution in [3.8, 4) is 0 Å². The summed E-state index contributed by atoms with van der Waals surface area (Å²) in [5.41, 5.74) is 0.814. The molecular weight excluding hydrogens is 244 g/mol. The van der Waals surface area contributed by atoms with Crippen molar-refractivity contribution in [1.82, 2.24) is 14.9 Å². The minimum Gasteiger partial charge on any atom is -0.304 e. The minimum atomic E-state index is -0.540. The molecule has 1 atom stereocenters. The Kier molecular flexibility index (Phi) is 3.75. The molecule has 0 aliphatic carbocycles. The largest absolute Gasteiger partial charge is 0.304 e. The topological polar surface area (TPSA) is 37.8 Å². The van der Waals surface area contributed by atoms with Gasteiger partial charge in [0.2, 0.25) is 0 Å². The molecule has 2 aromatic rings. The highest BCUT2D eigenvalue weighted by Gasteiger charge is 2.15. The van der Waals surface area contributed by atoms with E-state index in [4.69, 9.17) is 0 Å². The molecule has 1 aromatic heterocycles. The van der Waals surface area contributed by atoms with Crippen molar-refractivity contribution in [2.45, 2.75) is 19.5 Å². The maximum absolute atomic E-state index is 13.5. The third-order valence-corrected chi connectivity index (χ3v) is 2.98. The summed E-state index contributed by atoms with van der Waals surface area (Å²) >= 11 is 1.24. The number of hydrogen-bond acceptors (Lipinski definition) is 4. The molecule has 1 unspecified atom stereocenters. The van der Waals surface area contributed by atoms with Crippen molar-refractivity contribution in [2.24, 2.45) is 0 Å². The fourth-order valence-electron chi connectivity index (χ4n) is 1.55. The van der Waals surface area contributed by atoms with Crippen LogP contribution in [0.1, 0.15) is 24.2 Å². The van der Waals surface area contributed by atoms with Gasteiger partial charge in [0.15, 0.2) is 0 Å². The molecule has 0 spiro atoms. The first-order valence-corrected chi connectivity index (χ1v) is 5.95. The average Bonchev–Trinajstić information content (AvgIpc) is 2.79. The van der Waals surface area contributed by atoms with Crippen LogP contribution in [-0.4, -0.2) is 9.59 Å². The molecule has 1 N–H and O–H groups in total. The van der Waals surface area contributed by atoms with Crippen molar-refractivity contribution in [3.63, 3.8) is 0 Å². The smallest absolute Gasteiger partial charge is 0.130 e. The first kappa shape index (κ1) is 12.1. The third kappa shape index (κ3) is 2.83. The van der Waals surface area contributed by atoms with Crippen LogP contribution in [0.5, 0.6) is 0 Å². The van der Waals surface area contributed by atoms with Gasteiger partial charge in [0.05, 0.1) is 5.69 Å². The molecule has 3 nitrogen and oxygen atoms in total. The van der Waals surface area contributed by atoms with Gasteiger partial charge in [0.1, 0.15) is 11.6 Å². The maximum atomic E-state index is 13.5. The van der Waals surface area contributed by atoms with Crippen LogP contribution in [0.15, 0.2) is 23.6 Å². The van der Waals surface area contributed by atoms with Crippen LogP contribution < -0.4 is 5.32 Å². The van der Waals surface area contributed by atoms with E-state index in [1.807, 2.05) is 0 Å². The summed E-state index contributed by atoms with van der Waals surface area (Å²) in [4.78, 5) is 0. The summed E-state index contributed by atoms with van der Waals surface area (Å²) in [6, 6.07) is 3.44. The Morgan fingerprint density at radius 2 is 2.06 bits per heavy atom. The lowest BCUT2D eigenvalue weighted by Crippen LogP contribution is -2.20. The number of halogens is 2. The van der Waals surface area contributed by atoms with E-state index in [9.17, 15) is 8.78 Å². The number of aromatic nitrogens is 2. The molecule has 0 radical (unpaired) electrons. The Morgan fingerprint density at radius 1 is 1.35 bits per heavy atom. The average molecular weight is 255 g/mol. The zero-order valence-corrected chi connectivity index (χ0v) is 9.97. The SMILES string of the molecule is CC(NCc1csnn1)c1c(F)cccc1F. The van der Waals surface area contributed by atoms with Gasteiger partial charge < -0.3 is 5.32 Å². The molecular formula is C11H11F2N3S. The molecule has 0 amide bonds. The zero-order chi connectivity index (χ0) is 12.3. The van der Waals surface area contributed by atoms with Gasteiger partial charge in [-0.05, 0) is 30.6 Å². The number of nitrogens with one attached hydrogen (secondary N) is 1. The number of nitrogens with zero attached hydrogens (tertiary/aromatic N) is 2. The summed E-state index contributed by atoms with van der Waals surface area (Å²) in [6.07, 6.45) is 0. The Bertz CT molecular complexity index is 467. The second kappa shape index (κ2) is 5.29. The second-order valence-electron chi connectivity index (χ2n) is 3.63. The summed E-state index contributed by atoms with van der Waals surface area (Å²) in [5.74, 6) is -1.08. The zero-order valence-electron chi connectivity index (χ0n) is 9.15. The Labute approximate surface area is 102 Å².